The van der Waals surface area contributed by atoms with Gasteiger partial charge >= 0.3 is 17.9 Å². The second kappa shape index (κ2) is 26.8. The van der Waals surface area contributed by atoms with E-state index in [1.54, 1.807) is 18.4 Å². The van der Waals surface area contributed by atoms with Crippen LogP contribution in [0.3, 0.4) is 0 Å². The molecule has 15 atom stereocenters. The van der Waals surface area contributed by atoms with Crippen LogP contribution < -0.4 is 5.32 Å². The molecule has 19 nitrogen and oxygen atoms in total. The van der Waals surface area contributed by atoms with E-state index >= 15 is 0 Å². The minimum absolute atomic E-state index is 0.0334. The molecule has 78 heavy (non-hydrogen) atoms. The van der Waals surface area contributed by atoms with Crippen LogP contribution in [-0.4, -0.2) is 137 Å². The lowest BCUT2D eigenvalue weighted by Gasteiger charge is -2.62. The SMILES string of the molecule is CC(=O)N[C@]1([C@@H]2O[C@@H](C)[C@@H](OCc3ccccc3)[C@@H](OCc3ccccc3)[C@@H]2OCc2ccccc2)[C@@H](O)[C@H](O[C@@H]2O[C@H](COCc3ccccc3)[C@H](OC(C)=O)[C@H](OC(C)=O)[C@H]2OC(C)=O)[C@@H](CO)O[C@]1(O)c1cccs1. The molecule has 0 aliphatic carbocycles. The van der Waals surface area contributed by atoms with Crippen LogP contribution in [0.2, 0.25) is 0 Å². The van der Waals surface area contributed by atoms with Crippen LogP contribution in [-0.2, 0) is 103 Å². The molecule has 1 aromatic heterocycles. The molecule has 3 saturated heterocycles. The maximum atomic E-state index is 14.2. The molecule has 8 rings (SSSR count). The maximum absolute atomic E-state index is 14.2. The molecule has 5 aromatic rings. The second-order valence-corrected chi connectivity index (χ2v) is 20.3. The van der Waals surface area contributed by atoms with Gasteiger partial charge in [-0.25, -0.2) is 0 Å². The highest BCUT2D eigenvalue weighted by Gasteiger charge is 2.74. The Morgan fingerprint density at radius 2 is 1.06 bits per heavy atom. The summed E-state index contributed by atoms with van der Waals surface area (Å²) in [6.45, 7) is 5.12. The molecule has 4 heterocycles. The maximum Gasteiger partial charge on any atom is 0.303 e. The van der Waals surface area contributed by atoms with Gasteiger partial charge in [-0.15, -0.1) is 11.3 Å². The van der Waals surface area contributed by atoms with Crippen LogP contribution in [0.15, 0.2) is 139 Å². The minimum Gasteiger partial charge on any atom is -0.456 e. The standard InChI is InChI=1S/C58H67NO18S/c1-35-47(68-31-41-21-12-7-13-22-41)50(69-32-42-23-14-8-15-24-42)52(70-33-43-25-16-9-17-26-43)55(71-35)57(59-36(2)61)54(65)49(44(29-60)77-58(57,66)46-27-18-28-78-46)76-56-53(74-39(5)64)51(73-38(4)63)48(72-37(3)62)45(75-56)34-67-30-40-19-10-6-11-20-40/h6-28,35,44-45,47-56,60,65-66H,29-34H2,1-5H3,(H,59,61)/t35-,44+,45+,47+,48-,49+,50+,51-,52-,53+,54-,55+,56-,57-,58+/m0/s1. The minimum atomic E-state index is -2.79. The molecular weight excluding hydrogens is 1030 g/mol. The summed E-state index contributed by atoms with van der Waals surface area (Å²) in [6.07, 6.45) is -19.7. The number of esters is 3. The average Bonchev–Trinajstić information content (AvgIpc) is 4.10. The number of carbonyl (C=O) groups is 4. The van der Waals surface area contributed by atoms with Gasteiger partial charge in [0.25, 0.3) is 0 Å². The van der Waals surface area contributed by atoms with Crippen molar-refractivity contribution in [2.24, 2.45) is 0 Å². The molecular formula is C58H67NO18S. The molecule has 0 spiro atoms. The third kappa shape index (κ3) is 13.5. The van der Waals surface area contributed by atoms with E-state index in [4.69, 9.17) is 52.1 Å². The van der Waals surface area contributed by atoms with Crippen molar-refractivity contribution in [3.63, 3.8) is 0 Å². The van der Waals surface area contributed by atoms with E-state index in [1.807, 2.05) is 121 Å². The molecule has 0 radical (unpaired) electrons. The zero-order valence-electron chi connectivity index (χ0n) is 43.9. The Kier molecular flexibility index (Phi) is 20.0. The number of ether oxygens (including phenoxy) is 11. The highest BCUT2D eigenvalue weighted by molar-refractivity contribution is 7.10. The Morgan fingerprint density at radius 1 is 0.577 bits per heavy atom. The smallest absolute Gasteiger partial charge is 0.303 e. The Balaban J connectivity index is 1.27. The van der Waals surface area contributed by atoms with E-state index < -0.39 is 121 Å². The normalized spacial score (nSPS) is 30.9. The van der Waals surface area contributed by atoms with Crippen molar-refractivity contribution < 1.29 is 86.6 Å². The number of benzene rings is 4. The molecule has 3 aliphatic heterocycles. The quantitative estimate of drug-likeness (QED) is 0.0515. The molecule has 20 heteroatoms. The molecule has 418 valence electrons. The van der Waals surface area contributed by atoms with Crippen molar-refractivity contribution in [3.05, 3.63) is 166 Å². The Bertz CT molecular complexity index is 2690. The van der Waals surface area contributed by atoms with Gasteiger partial charge in [0.05, 0.1) is 50.6 Å². The van der Waals surface area contributed by atoms with E-state index in [2.05, 4.69) is 5.32 Å². The van der Waals surface area contributed by atoms with Gasteiger partial charge in [0.15, 0.2) is 30.1 Å². The zero-order valence-corrected chi connectivity index (χ0v) is 44.7. The van der Waals surface area contributed by atoms with Gasteiger partial charge in [0, 0.05) is 27.7 Å². The van der Waals surface area contributed by atoms with Crippen molar-refractivity contribution in [1.29, 1.82) is 0 Å². The third-order valence-electron chi connectivity index (χ3n) is 13.7. The van der Waals surface area contributed by atoms with Crippen molar-refractivity contribution in [1.82, 2.24) is 5.32 Å². The number of hydrogen-bond acceptors (Lipinski definition) is 19. The lowest BCUT2D eigenvalue weighted by Crippen LogP contribution is -2.85. The van der Waals surface area contributed by atoms with Crippen LogP contribution in [0.4, 0.5) is 0 Å². The van der Waals surface area contributed by atoms with E-state index in [9.17, 15) is 34.5 Å². The summed E-state index contributed by atoms with van der Waals surface area (Å²) in [5, 5.41) is 43.3. The van der Waals surface area contributed by atoms with Crippen LogP contribution in [0.5, 0.6) is 0 Å². The highest BCUT2D eigenvalue weighted by Crippen LogP contribution is 2.52. The number of nitrogens with one attached hydrogen (secondary N) is 1. The number of thiophene rings is 1. The molecule has 3 fully saturated rings. The summed E-state index contributed by atoms with van der Waals surface area (Å²) in [7, 11) is 0. The first-order valence-corrected chi connectivity index (χ1v) is 26.6. The lowest BCUT2D eigenvalue weighted by molar-refractivity contribution is -0.410. The lowest BCUT2D eigenvalue weighted by atomic mass is 9.68. The first-order valence-electron chi connectivity index (χ1n) is 25.7. The van der Waals surface area contributed by atoms with Gasteiger partial charge in [0.1, 0.15) is 48.8 Å². The number of aliphatic hydroxyl groups excluding tert-OH is 2. The summed E-state index contributed by atoms with van der Waals surface area (Å²) in [5.74, 6) is -6.14. The molecule has 0 saturated carbocycles. The van der Waals surface area contributed by atoms with Crippen LogP contribution in [0, 0.1) is 0 Å². The fourth-order valence-electron chi connectivity index (χ4n) is 10.4. The van der Waals surface area contributed by atoms with Crippen molar-refractivity contribution in [3.8, 4) is 0 Å². The van der Waals surface area contributed by atoms with E-state index in [-0.39, 0.29) is 37.9 Å². The third-order valence-corrected chi connectivity index (χ3v) is 14.7. The summed E-state index contributed by atoms with van der Waals surface area (Å²) < 4.78 is 71.1. The van der Waals surface area contributed by atoms with Crippen LogP contribution >= 0.6 is 11.3 Å². The second-order valence-electron chi connectivity index (χ2n) is 19.4. The summed E-state index contributed by atoms with van der Waals surface area (Å²) in [6, 6.07) is 40.4. The fraction of sp³-hybridized carbons (Fsp3) is 0.448. The molecule has 0 unspecified atom stereocenters. The molecule has 4 N–H and O–H groups in total. The Morgan fingerprint density at radius 3 is 1.55 bits per heavy atom. The predicted molar refractivity (Wildman–Crippen MR) is 278 cm³/mol. The number of hydrogen-bond donors (Lipinski definition) is 4. The zero-order chi connectivity index (χ0) is 55.4. The van der Waals surface area contributed by atoms with Gasteiger partial charge in [-0.2, -0.15) is 0 Å². The van der Waals surface area contributed by atoms with E-state index in [0.29, 0.717) is 0 Å². The summed E-state index contributed by atoms with van der Waals surface area (Å²) in [5.41, 5.74) is 0.552. The number of rotatable bonds is 22. The Labute approximate surface area is 456 Å². The first-order chi connectivity index (χ1) is 37.6. The molecule has 0 bridgehead atoms. The highest BCUT2D eigenvalue weighted by atomic mass is 32.1. The molecule has 4 aromatic carbocycles. The molecule has 3 aliphatic rings. The van der Waals surface area contributed by atoms with Crippen molar-refractivity contribution in [2.45, 2.75) is 152 Å². The van der Waals surface area contributed by atoms with Gasteiger partial charge in [-0.3, -0.25) is 19.2 Å². The van der Waals surface area contributed by atoms with Gasteiger partial charge < -0.3 is 72.7 Å². The van der Waals surface area contributed by atoms with Gasteiger partial charge in [-0.05, 0) is 40.6 Å². The van der Waals surface area contributed by atoms with Gasteiger partial charge in [-0.1, -0.05) is 127 Å². The largest absolute Gasteiger partial charge is 0.456 e. The number of aliphatic hydroxyl groups is 3. The summed E-state index contributed by atoms with van der Waals surface area (Å²) >= 11 is 1.03. The summed E-state index contributed by atoms with van der Waals surface area (Å²) in [4.78, 5) is 53.0. The van der Waals surface area contributed by atoms with Crippen LogP contribution in [0.1, 0.15) is 61.7 Å². The number of carbonyl (C=O) groups excluding carboxylic acids is 4. The predicted octanol–water partition coefficient (Wildman–Crippen LogP) is 5.19. The van der Waals surface area contributed by atoms with Crippen molar-refractivity contribution in [2.75, 3.05) is 13.2 Å². The Hall–Kier alpha value is -5.98. The number of amides is 1. The average molecular weight is 1100 g/mol. The van der Waals surface area contributed by atoms with Crippen molar-refractivity contribution >= 4 is 35.2 Å². The molecule has 1 amide bonds. The van der Waals surface area contributed by atoms with Gasteiger partial charge in [0.2, 0.25) is 11.7 Å². The topological polar surface area (TPSA) is 243 Å². The van der Waals surface area contributed by atoms with Crippen LogP contribution in [0.25, 0.3) is 0 Å². The van der Waals surface area contributed by atoms with E-state index in [0.717, 1.165) is 54.4 Å². The monoisotopic (exact) mass is 1100 g/mol. The van der Waals surface area contributed by atoms with E-state index in [1.165, 1.54) is 13.0 Å². The fourth-order valence-corrected chi connectivity index (χ4v) is 11.2. The first kappa shape index (κ1) is 58.2.